The predicted octanol–water partition coefficient (Wildman–Crippen LogP) is 6.81. The van der Waals surface area contributed by atoms with Gasteiger partial charge in [-0.3, -0.25) is 0 Å². The monoisotopic (exact) mass is 462 g/mol. The Bertz CT molecular complexity index is 1200. The summed E-state index contributed by atoms with van der Waals surface area (Å²) in [6, 6.07) is 20.5. The molecule has 4 aromatic rings. The molecule has 0 saturated carbocycles. The van der Waals surface area contributed by atoms with Crippen LogP contribution in [0.2, 0.25) is 0 Å². The number of aromatic amines is 1. The maximum absolute atomic E-state index is 5.63. The van der Waals surface area contributed by atoms with Crippen LogP contribution in [-0.2, 0) is 0 Å². The van der Waals surface area contributed by atoms with Gasteiger partial charge in [-0.15, -0.1) is 0 Å². The molecule has 4 rings (SSSR count). The van der Waals surface area contributed by atoms with Crippen molar-refractivity contribution in [2.75, 3.05) is 14.2 Å². The molecule has 1 aromatic heterocycles. The van der Waals surface area contributed by atoms with E-state index in [0.717, 1.165) is 38.4 Å². The summed E-state index contributed by atoms with van der Waals surface area (Å²) in [4.78, 5) is 8.54. The molecule has 0 unspecified atom stereocenters. The number of aryl methyl sites for hydroxylation is 2. The number of H-pyrrole nitrogens is 1. The van der Waals surface area contributed by atoms with Gasteiger partial charge in [-0.25, -0.2) is 4.98 Å². The van der Waals surface area contributed by atoms with Gasteiger partial charge in [-0.2, -0.15) is 0 Å². The largest absolute Gasteiger partial charge is 0.496 e. The first kappa shape index (κ1) is 20.2. The van der Waals surface area contributed by atoms with E-state index in [1.54, 1.807) is 14.2 Å². The Hall–Kier alpha value is -3.05. The molecule has 3 aromatic carbocycles. The highest BCUT2D eigenvalue weighted by Crippen LogP contribution is 2.40. The summed E-state index contributed by atoms with van der Waals surface area (Å²) in [7, 11) is 3.29. The van der Waals surface area contributed by atoms with Gasteiger partial charge in [0.15, 0.2) is 0 Å². The Kier molecular flexibility index (Phi) is 5.64. The number of methoxy groups -OCH3 is 2. The third-order valence-corrected chi connectivity index (χ3v) is 5.90. The van der Waals surface area contributed by atoms with Gasteiger partial charge in [0.1, 0.15) is 17.3 Å². The van der Waals surface area contributed by atoms with Crippen molar-refractivity contribution >= 4 is 15.9 Å². The first-order valence-electron chi connectivity index (χ1n) is 9.66. The molecule has 30 heavy (non-hydrogen) atoms. The van der Waals surface area contributed by atoms with Crippen molar-refractivity contribution in [3.8, 4) is 45.4 Å². The van der Waals surface area contributed by atoms with Crippen LogP contribution in [0, 0.1) is 13.8 Å². The molecule has 0 fully saturated rings. The average Bonchev–Trinajstić information content (AvgIpc) is 3.21. The second kappa shape index (κ2) is 8.36. The van der Waals surface area contributed by atoms with Crippen LogP contribution in [0.15, 0.2) is 65.1 Å². The third-order valence-electron chi connectivity index (χ3n) is 5.28. The van der Waals surface area contributed by atoms with E-state index in [9.17, 15) is 0 Å². The number of aromatic nitrogens is 2. The number of ether oxygens (including phenoxy) is 2. The van der Waals surface area contributed by atoms with Crippen molar-refractivity contribution in [3.05, 3.63) is 76.3 Å². The highest BCUT2D eigenvalue weighted by molar-refractivity contribution is 9.10. The van der Waals surface area contributed by atoms with E-state index in [0.29, 0.717) is 11.5 Å². The third kappa shape index (κ3) is 3.73. The maximum atomic E-state index is 5.63. The van der Waals surface area contributed by atoms with Crippen molar-refractivity contribution in [1.29, 1.82) is 0 Å². The number of benzene rings is 3. The van der Waals surface area contributed by atoms with Gasteiger partial charge in [0.05, 0.1) is 35.6 Å². The molecule has 4 nitrogen and oxygen atoms in total. The smallest absolute Gasteiger partial charge is 0.142 e. The molecule has 0 spiro atoms. The fourth-order valence-electron chi connectivity index (χ4n) is 3.46. The van der Waals surface area contributed by atoms with Crippen LogP contribution in [0.25, 0.3) is 33.9 Å². The zero-order chi connectivity index (χ0) is 21.3. The van der Waals surface area contributed by atoms with E-state index < -0.39 is 0 Å². The Morgan fingerprint density at radius 2 is 1.53 bits per heavy atom. The van der Waals surface area contributed by atoms with E-state index in [-0.39, 0.29) is 0 Å². The highest BCUT2D eigenvalue weighted by atomic mass is 79.9. The molecule has 0 bridgehead atoms. The first-order chi connectivity index (χ1) is 14.5. The molecule has 1 heterocycles. The maximum Gasteiger partial charge on any atom is 0.142 e. The number of halogens is 1. The molecule has 0 atom stereocenters. The van der Waals surface area contributed by atoms with E-state index in [1.807, 2.05) is 30.3 Å². The number of hydrogen-bond acceptors (Lipinski definition) is 3. The number of rotatable bonds is 5. The van der Waals surface area contributed by atoms with Gasteiger partial charge in [0, 0.05) is 17.2 Å². The summed E-state index contributed by atoms with van der Waals surface area (Å²) >= 11 is 3.58. The fourth-order valence-corrected chi connectivity index (χ4v) is 3.96. The van der Waals surface area contributed by atoms with E-state index in [1.165, 1.54) is 11.1 Å². The van der Waals surface area contributed by atoms with Gasteiger partial charge in [0.25, 0.3) is 0 Å². The summed E-state index contributed by atoms with van der Waals surface area (Å²) in [5, 5.41) is 0. The Morgan fingerprint density at radius 1 is 0.800 bits per heavy atom. The minimum atomic E-state index is 0.690. The molecule has 152 valence electrons. The molecule has 0 radical (unpaired) electrons. The Labute approximate surface area is 185 Å². The number of nitrogens with zero attached hydrogens (tertiary/aromatic N) is 1. The lowest BCUT2D eigenvalue weighted by Crippen LogP contribution is -1.93. The lowest BCUT2D eigenvalue weighted by molar-refractivity contribution is 0.393. The van der Waals surface area contributed by atoms with Crippen LogP contribution in [0.5, 0.6) is 11.5 Å². The van der Waals surface area contributed by atoms with E-state index >= 15 is 0 Å². The normalized spacial score (nSPS) is 10.8. The van der Waals surface area contributed by atoms with Gasteiger partial charge < -0.3 is 14.5 Å². The lowest BCUT2D eigenvalue weighted by atomic mass is 10.0. The fraction of sp³-hybridized carbons (Fsp3) is 0.160. The van der Waals surface area contributed by atoms with Gasteiger partial charge in [-0.1, -0.05) is 42.5 Å². The van der Waals surface area contributed by atoms with Crippen molar-refractivity contribution in [3.63, 3.8) is 0 Å². The van der Waals surface area contributed by atoms with E-state index in [2.05, 4.69) is 65.1 Å². The molecular formula is C25H23BrN2O2. The lowest BCUT2D eigenvalue weighted by Gasteiger charge is -2.10. The highest BCUT2D eigenvalue weighted by Gasteiger charge is 2.19. The van der Waals surface area contributed by atoms with Crippen molar-refractivity contribution in [2.24, 2.45) is 0 Å². The van der Waals surface area contributed by atoms with Crippen molar-refractivity contribution in [2.45, 2.75) is 13.8 Å². The van der Waals surface area contributed by atoms with Crippen LogP contribution in [0.3, 0.4) is 0 Å². The topological polar surface area (TPSA) is 47.1 Å². The minimum absolute atomic E-state index is 0.690. The van der Waals surface area contributed by atoms with Crippen molar-refractivity contribution in [1.82, 2.24) is 9.97 Å². The predicted molar refractivity (Wildman–Crippen MR) is 125 cm³/mol. The second-order valence-corrected chi connectivity index (χ2v) is 8.02. The van der Waals surface area contributed by atoms with Crippen LogP contribution < -0.4 is 9.47 Å². The molecular weight excluding hydrogens is 440 g/mol. The van der Waals surface area contributed by atoms with Crippen molar-refractivity contribution < 1.29 is 9.47 Å². The molecule has 0 aliphatic carbocycles. The summed E-state index contributed by atoms with van der Waals surface area (Å²) in [5.41, 5.74) is 7.40. The zero-order valence-electron chi connectivity index (χ0n) is 17.4. The van der Waals surface area contributed by atoms with E-state index in [4.69, 9.17) is 14.5 Å². The van der Waals surface area contributed by atoms with Crippen LogP contribution in [-0.4, -0.2) is 24.2 Å². The SMILES string of the molecule is COc1cc(OC)c(-c2nc(-c3ccc(C)c(C)c3)c(-c3ccccc3)[nH]2)cc1Br. The molecule has 0 amide bonds. The van der Waals surface area contributed by atoms with Gasteiger partial charge in [0.2, 0.25) is 0 Å². The summed E-state index contributed by atoms with van der Waals surface area (Å²) in [6.45, 7) is 4.24. The van der Waals surface area contributed by atoms with Gasteiger partial charge in [-0.05, 0) is 53.0 Å². The number of imidazole rings is 1. The standard InChI is InChI=1S/C25H23BrN2O2/c1-15-10-11-18(12-16(15)2)24-23(17-8-6-5-7-9-17)27-25(28-24)19-13-20(26)22(30-4)14-21(19)29-3/h5-14H,1-4H3,(H,27,28). The Balaban J connectivity index is 1.94. The Morgan fingerprint density at radius 3 is 2.20 bits per heavy atom. The first-order valence-corrected chi connectivity index (χ1v) is 10.5. The number of hydrogen-bond donors (Lipinski definition) is 1. The second-order valence-electron chi connectivity index (χ2n) is 7.16. The molecule has 0 aliphatic rings. The quantitative estimate of drug-likeness (QED) is 0.354. The summed E-state index contributed by atoms with van der Waals surface area (Å²) in [6.07, 6.45) is 0. The molecule has 0 aliphatic heterocycles. The summed E-state index contributed by atoms with van der Waals surface area (Å²) < 4.78 is 11.9. The number of nitrogens with one attached hydrogen (secondary N) is 1. The average molecular weight is 463 g/mol. The van der Waals surface area contributed by atoms with Gasteiger partial charge >= 0.3 is 0 Å². The summed E-state index contributed by atoms with van der Waals surface area (Å²) in [5.74, 6) is 2.14. The molecule has 1 N–H and O–H groups in total. The zero-order valence-corrected chi connectivity index (χ0v) is 19.0. The molecule has 5 heteroatoms. The van der Waals surface area contributed by atoms with Crippen LogP contribution in [0.1, 0.15) is 11.1 Å². The van der Waals surface area contributed by atoms with Crippen LogP contribution >= 0.6 is 15.9 Å². The molecule has 0 saturated heterocycles. The minimum Gasteiger partial charge on any atom is -0.496 e. The van der Waals surface area contributed by atoms with Crippen LogP contribution in [0.4, 0.5) is 0 Å².